The Labute approximate surface area is 165 Å². The lowest BCUT2D eigenvalue weighted by Crippen LogP contribution is -1.99. The van der Waals surface area contributed by atoms with Crippen LogP contribution in [0.25, 0.3) is 26.6 Å². The number of fused-ring (bicyclic) bond motifs is 6. The topological polar surface area (TPSA) is 52.3 Å². The van der Waals surface area contributed by atoms with E-state index < -0.39 is 0 Å². The SMILES string of the molecule is c1ccc2cc(OCc3nc4c5c6c(sc5ncn4n3)CCCC6)ccc2c1. The van der Waals surface area contributed by atoms with Crippen molar-refractivity contribution in [3.63, 3.8) is 0 Å². The summed E-state index contributed by atoms with van der Waals surface area (Å²) in [5.74, 6) is 1.51. The first-order chi connectivity index (χ1) is 13.8. The lowest BCUT2D eigenvalue weighted by molar-refractivity contribution is 0.296. The maximum absolute atomic E-state index is 5.98. The van der Waals surface area contributed by atoms with Gasteiger partial charge in [0.25, 0.3) is 0 Å². The van der Waals surface area contributed by atoms with E-state index in [4.69, 9.17) is 9.72 Å². The van der Waals surface area contributed by atoms with Gasteiger partial charge in [-0.05, 0) is 54.2 Å². The number of hydrogen-bond acceptors (Lipinski definition) is 5. The van der Waals surface area contributed by atoms with E-state index in [0.717, 1.165) is 29.1 Å². The van der Waals surface area contributed by atoms with Gasteiger partial charge in [-0.1, -0.05) is 30.3 Å². The largest absolute Gasteiger partial charge is 0.486 e. The summed E-state index contributed by atoms with van der Waals surface area (Å²) in [5.41, 5.74) is 2.33. The maximum atomic E-state index is 5.98. The molecule has 138 valence electrons. The first-order valence-corrected chi connectivity index (χ1v) is 10.4. The minimum absolute atomic E-state index is 0.341. The van der Waals surface area contributed by atoms with Gasteiger partial charge in [-0.15, -0.1) is 16.4 Å². The van der Waals surface area contributed by atoms with Crippen LogP contribution in [0.1, 0.15) is 29.1 Å². The molecule has 28 heavy (non-hydrogen) atoms. The third kappa shape index (κ3) is 2.56. The van der Waals surface area contributed by atoms with E-state index in [2.05, 4.69) is 34.3 Å². The van der Waals surface area contributed by atoms with Crippen LogP contribution in [0, 0.1) is 0 Å². The van der Waals surface area contributed by atoms with Gasteiger partial charge in [-0.25, -0.2) is 14.5 Å². The van der Waals surface area contributed by atoms with Crippen LogP contribution in [0.3, 0.4) is 0 Å². The second-order valence-corrected chi connectivity index (χ2v) is 8.31. The molecular formula is C22H18N4OS. The van der Waals surface area contributed by atoms with Crippen LogP contribution in [0.2, 0.25) is 0 Å². The lowest BCUT2D eigenvalue weighted by atomic mass is 9.97. The van der Waals surface area contributed by atoms with Crippen molar-refractivity contribution in [3.8, 4) is 5.75 Å². The average molecular weight is 386 g/mol. The first-order valence-electron chi connectivity index (χ1n) is 9.61. The van der Waals surface area contributed by atoms with Crippen LogP contribution in [-0.4, -0.2) is 19.6 Å². The highest BCUT2D eigenvalue weighted by Gasteiger charge is 2.20. The zero-order valence-corrected chi connectivity index (χ0v) is 16.1. The van der Waals surface area contributed by atoms with Crippen LogP contribution in [0.4, 0.5) is 0 Å². The summed E-state index contributed by atoms with van der Waals surface area (Å²) < 4.78 is 7.77. The van der Waals surface area contributed by atoms with Crippen molar-refractivity contribution in [1.82, 2.24) is 19.6 Å². The number of aromatic nitrogens is 4. The number of benzene rings is 2. The summed E-state index contributed by atoms with van der Waals surface area (Å²) >= 11 is 1.81. The average Bonchev–Trinajstić information content (AvgIpc) is 3.32. The molecule has 5 aromatic rings. The number of thiophene rings is 1. The molecule has 1 aliphatic carbocycles. The van der Waals surface area contributed by atoms with Gasteiger partial charge in [0.1, 0.15) is 23.5 Å². The molecule has 0 saturated carbocycles. The molecule has 5 nitrogen and oxygen atoms in total. The molecule has 1 aliphatic rings. The Kier molecular flexibility index (Phi) is 3.59. The van der Waals surface area contributed by atoms with Gasteiger partial charge < -0.3 is 4.74 Å². The van der Waals surface area contributed by atoms with Crippen molar-refractivity contribution in [3.05, 3.63) is 65.1 Å². The number of nitrogens with zero attached hydrogens (tertiary/aromatic N) is 4. The Balaban J connectivity index is 1.34. The highest BCUT2D eigenvalue weighted by atomic mass is 32.1. The molecule has 0 atom stereocenters. The molecule has 0 fully saturated rings. The van der Waals surface area contributed by atoms with Gasteiger partial charge in [-0.3, -0.25) is 0 Å². The second-order valence-electron chi connectivity index (χ2n) is 7.23. The summed E-state index contributed by atoms with van der Waals surface area (Å²) in [4.78, 5) is 12.0. The fourth-order valence-electron chi connectivity index (χ4n) is 4.06. The van der Waals surface area contributed by atoms with Crippen LogP contribution >= 0.6 is 11.3 Å². The van der Waals surface area contributed by atoms with E-state index in [-0.39, 0.29) is 0 Å². The molecule has 3 heterocycles. The number of aryl methyl sites for hydroxylation is 2. The maximum Gasteiger partial charge on any atom is 0.189 e. The number of ether oxygens (including phenoxy) is 1. The van der Waals surface area contributed by atoms with Crippen molar-refractivity contribution in [2.24, 2.45) is 0 Å². The van der Waals surface area contributed by atoms with E-state index in [0.29, 0.717) is 12.4 Å². The van der Waals surface area contributed by atoms with Crippen LogP contribution < -0.4 is 4.74 Å². The van der Waals surface area contributed by atoms with Crippen molar-refractivity contribution in [2.45, 2.75) is 32.3 Å². The van der Waals surface area contributed by atoms with Gasteiger partial charge in [0.2, 0.25) is 0 Å². The van der Waals surface area contributed by atoms with Crippen molar-refractivity contribution < 1.29 is 4.74 Å². The van der Waals surface area contributed by atoms with E-state index in [1.165, 1.54) is 39.4 Å². The smallest absolute Gasteiger partial charge is 0.189 e. The van der Waals surface area contributed by atoms with Crippen molar-refractivity contribution in [1.29, 1.82) is 0 Å². The predicted octanol–water partition coefficient (Wildman–Crippen LogP) is 4.95. The Bertz CT molecular complexity index is 1340. The van der Waals surface area contributed by atoms with Gasteiger partial charge in [0.05, 0.1) is 5.39 Å². The van der Waals surface area contributed by atoms with Crippen LogP contribution in [-0.2, 0) is 19.4 Å². The van der Waals surface area contributed by atoms with E-state index >= 15 is 0 Å². The zero-order valence-electron chi connectivity index (χ0n) is 15.3. The number of rotatable bonds is 3. The molecule has 0 bridgehead atoms. The Hall–Kier alpha value is -2.99. The molecule has 6 heteroatoms. The second kappa shape index (κ2) is 6.27. The van der Waals surface area contributed by atoms with Crippen LogP contribution in [0.15, 0.2) is 48.8 Å². The van der Waals surface area contributed by atoms with Gasteiger partial charge in [0, 0.05) is 4.88 Å². The van der Waals surface area contributed by atoms with Gasteiger partial charge in [0.15, 0.2) is 11.5 Å². The highest BCUT2D eigenvalue weighted by Crippen LogP contribution is 2.36. The lowest BCUT2D eigenvalue weighted by Gasteiger charge is -2.09. The molecule has 0 spiro atoms. The normalized spacial score (nSPS) is 14.0. The molecule has 6 rings (SSSR count). The van der Waals surface area contributed by atoms with Crippen molar-refractivity contribution in [2.75, 3.05) is 0 Å². The summed E-state index contributed by atoms with van der Waals surface area (Å²) in [7, 11) is 0. The third-order valence-corrected chi connectivity index (χ3v) is 6.62. The number of hydrogen-bond donors (Lipinski definition) is 0. The highest BCUT2D eigenvalue weighted by molar-refractivity contribution is 7.19. The molecule has 0 N–H and O–H groups in total. The van der Waals surface area contributed by atoms with Crippen LogP contribution in [0.5, 0.6) is 5.75 Å². The Morgan fingerprint density at radius 2 is 1.93 bits per heavy atom. The fraction of sp³-hybridized carbons (Fsp3) is 0.227. The van der Waals surface area contributed by atoms with Gasteiger partial charge in [-0.2, -0.15) is 0 Å². The molecule has 3 aromatic heterocycles. The molecule has 2 aromatic carbocycles. The minimum Gasteiger partial charge on any atom is -0.486 e. The molecule has 0 radical (unpaired) electrons. The first kappa shape index (κ1) is 16.0. The fourth-order valence-corrected chi connectivity index (χ4v) is 5.29. The van der Waals surface area contributed by atoms with Gasteiger partial charge >= 0.3 is 0 Å². The zero-order chi connectivity index (χ0) is 18.5. The van der Waals surface area contributed by atoms with E-state index in [1.54, 1.807) is 10.8 Å². The quantitative estimate of drug-likeness (QED) is 0.440. The molecule has 0 amide bonds. The van der Waals surface area contributed by atoms with E-state index in [1.807, 2.05) is 29.5 Å². The standard InChI is InChI=1S/C22H18N4OS/c1-2-6-15-11-16(10-9-14(15)5-1)27-12-19-24-21-20-17-7-3-4-8-18(17)28-22(20)23-13-26(21)25-19/h1-2,5-6,9-11,13H,3-4,7-8,12H2. The Morgan fingerprint density at radius 1 is 1.04 bits per heavy atom. The van der Waals surface area contributed by atoms with Crippen molar-refractivity contribution >= 4 is 38.0 Å². The summed E-state index contributed by atoms with van der Waals surface area (Å²) in [6.45, 7) is 0.341. The summed E-state index contributed by atoms with van der Waals surface area (Å²) in [5, 5.41) is 8.15. The Morgan fingerprint density at radius 3 is 2.89 bits per heavy atom. The molecule has 0 saturated heterocycles. The predicted molar refractivity (Wildman–Crippen MR) is 111 cm³/mol. The third-order valence-electron chi connectivity index (χ3n) is 5.42. The minimum atomic E-state index is 0.341. The molecule has 0 aliphatic heterocycles. The summed E-state index contributed by atoms with van der Waals surface area (Å²) in [6, 6.07) is 14.4. The molecular weight excluding hydrogens is 368 g/mol. The molecule has 0 unspecified atom stereocenters. The summed E-state index contributed by atoms with van der Waals surface area (Å²) in [6.07, 6.45) is 6.56. The van der Waals surface area contributed by atoms with E-state index in [9.17, 15) is 0 Å². The monoisotopic (exact) mass is 386 g/mol.